The van der Waals surface area contributed by atoms with Gasteiger partial charge in [-0.2, -0.15) is 4.98 Å². The zero-order valence-electron chi connectivity index (χ0n) is 10.1. The highest BCUT2D eigenvalue weighted by molar-refractivity contribution is 5.33. The highest BCUT2D eigenvalue weighted by Crippen LogP contribution is 2.11. The molecular formula is C12H18N4O. The van der Waals surface area contributed by atoms with Crippen LogP contribution in [0.3, 0.4) is 0 Å². The molecule has 0 bridgehead atoms. The first-order valence-electron chi connectivity index (χ1n) is 5.87. The normalized spacial score (nSPS) is 15.2. The van der Waals surface area contributed by atoms with E-state index in [2.05, 4.69) is 26.7 Å². The van der Waals surface area contributed by atoms with E-state index in [0.717, 1.165) is 38.3 Å². The largest absolute Gasteiger partial charge is 0.480 e. The number of ether oxygens (including phenoxy) is 1. The maximum absolute atomic E-state index is 5.02. The second-order valence-electron chi connectivity index (χ2n) is 3.94. The van der Waals surface area contributed by atoms with Crippen LogP contribution < -0.4 is 15.4 Å². The van der Waals surface area contributed by atoms with Crippen LogP contribution in [0.4, 0.5) is 5.82 Å². The van der Waals surface area contributed by atoms with Gasteiger partial charge >= 0.3 is 0 Å². The molecule has 0 spiro atoms. The topological polar surface area (TPSA) is 59.1 Å². The lowest BCUT2D eigenvalue weighted by molar-refractivity contribution is 0.396. The number of methoxy groups -OCH3 is 1. The first-order valence-corrected chi connectivity index (χ1v) is 5.87. The van der Waals surface area contributed by atoms with Gasteiger partial charge in [-0.05, 0) is 19.4 Å². The van der Waals surface area contributed by atoms with Crippen LogP contribution in [0.25, 0.3) is 0 Å². The number of nitrogens with zero attached hydrogens (tertiary/aromatic N) is 2. The van der Waals surface area contributed by atoms with Crippen LogP contribution in [0, 0.1) is 0 Å². The van der Waals surface area contributed by atoms with E-state index in [9.17, 15) is 0 Å². The van der Waals surface area contributed by atoms with Crippen LogP contribution in [-0.2, 0) is 0 Å². The molecule has 0 unspecified atom stereocenters. The molecule has 2 N–H and O–H groups in total. The molecule has 2 heterocycles. The van der Waals surface area contributed by atoms with Gasteiger partial charge in [0.15, 0.2) is 0 Å². The molecule has 92 valence electrons. The zero-order valence-corrected chi connectivity index (χ0v) is 10.1. The Hall–Kier alpha value is -1.62. The van der Waals surface area contributed by atoms with Gasteiger partial charge in [-0.15, -0.1) is 0 Å². The minimum Gasteiger partial charge on any atom is -0.480 e. The Balaban J connectivity index is 1.79. The Morgan fingerprint density at radius 1 is 1.47 bits per heavy atom. The maximum Gasteiger partial charge on any atom is 0.233 e. The van der Waals surface area contributed by atoms with Crippen molar-refractivity contribution in [2.45, 2.75) is 12.8 Å². The highest BCUT2D eigenvalue weighted by atomic mass is 16.5. The van der Waals surface area contributed by atoms with Crippen molar-refractivity contribution in [1.82, 2.24) is 15.3 Å². The van der Waals surface area contributed by atoms with E-state index in [0.29, 0.717) is 5.88 Å². The van der Waals surface area contributed by atoms with E-state index < -0.39 is 0 Å². The lowest BCUT2D eigenvalue weighted by Crippen LogP contribution is -2.21. The summed E-state index contributed by atoms with van der Waals surface area (Å²) in [5.41, 5.74) is 1.51. The molecule has 1 aliphatic heterocycles. The van der Waals surface area contributed by atoms with Gasteiger partial charge in [-0.1, -0.05) is 11.6 Å². The predicted molar refractivity (Wildman–Crippen MR) is 67.3 cm³/mol. The Kier molecular flexibility index (Phi) is 4.32. The molecule has 0 atom stereocenters. The van der Waals surface area contributed by atoms with Crippen molar-refractivity contribution in [3.05, 3.63) is 24.0 Å². The van der Waals surface area contributed by atoms with Crippen LogP contribution in [0.5, 0.6) is 5.88 Å². The summed E-state index contributed by atoms with van der Waals surface area (Å²) in [6.45, 7) is 2.97. The van der Waals surface area contributed by atoms with Gasteiger partial charge in [0.05, 0.1) is 19.5 Å². The van der Waals surface area contributed by atoms with Crippen molar-refractivity contribution in [1.29, 1.82) is 0 Å². The SMILES string of the molecule is COc1cncc(NCCC2=CCNCC2)n1. The van der Waals surface area contributed by atoms with Crippen molar-refractivity contribution in [2.75, 3.05) is 32.1 Å². The Labute approximate surface area is 101 Å². The van der Waals surface area contributed by atoms with Gasteiger partial charge in [0.2, 0.25) is 5.88 Å². The minimum absolute atomic E-state index is 0.538. The zero-order chi connectivity index (χ0) is 11.9. The summed E-state index contributed by atoms with van der Waals surface area (Å²) in [5.74, 6) is 1.30. The molecule has 1 aromatic rings. The Morgan fingerprint density at radius 3 is 3.18 bits per heavy atom. The molecule has 17 heavy (non-hydrogen) atoms. The Bertz CT molecular complexity index is 392. The molecule has 0 aliphatic carbocycles. The first kappa shape index (κ1) is 11.9. The summed E-state index contributed by atoms with van der Waals surface area (Å²) in [6, 6.07) is 0. The number of hydrogen-bond donors (Lipinski definition) is 2. The van der Waals surface area contributed by atoms with E-state index in [-0.39, 0.29) is 0 Å². The predicted octanol–water partition coefficient (Wildman–Crippen LogP) is 1.21. The molecule has 2 rings (SSSR count). The summed E-state index contributed by atoms with van der Waals surface area (Å²) >= 11 is 0. The fraction of sp³-hybridized carbons (Fsp3) is 0.500. The number of anilines is 1. The highest BCUT2D eigenvalue weighted by Gasteiger charge is 2.03. The fourth-order valence-electron chi connectivity index (χ4n) is 1.78. The monoisotopic (exact) mass is 234 g/mol. The number of rotatable bonds is 5. The standard InChI is InChI=1S/C12H18N4O/c1-17-12-9-14-8-11(16-12)15-7-4-10-2-5-13-6-3-10/h2,8-9,13H,3-7H2,1H3,(H,15,16). The van der Waals surface area contributed by atoms with Crippen molar-refractivity contribution in [3.63, 3.8) is 0 Å². The van der Waals surface area contributed by atoms with E-state index in [1.54, 1.807) is 19.5 Å². The number of aromatic nitrogens is 2. The van der Waals surface area contributed by atoms with E-state index in [1.807, 2.05) is 0 Å². The van der Waals surface area contributed by atoms with Gasteiger partial charge in [0.1, 0.15) is 5.82 Å². The molecule has 1 aromatic heterocycles. The molecule has 0 fully saturated rings. The molecule has 0 radical (unpaired) electrons. The third-order valence-electron chi connectivity index (χ3n) is 2.73. The van der Waals surface area contributed by atoms with Crippen molar-refractivity contribution in [3.8, 4) is 5.88 Å². The summed E-state index contributed by atoms with van der Waals surface area (Å²) in [5, 5.41) is 6.55. The van der Waals surface area contributed by atoms with Gasteiger partial charge in [0.25, 0.3) is 0 Å². The summed E-state index contributed by atoms with van der Waals surface area (Å²) in [4.78, 5) is 8.29. The minimum atomic E-state index is 0.538. The molecule has 0 amide bonds. The van der Waals surface area contributed by atoms with Crippen LogP contribution in [0.2, 0.25) is 0 Å². The lowest BCUT2D eigenvalue weighted by Gasteiger charge is -2.14. The van der Waals surface area contributed by atoms with Crippen molar-refractivity contribution >= 4 is 5.82 Å². The summed E-state index contributed by atoms with van der Waals surface area (Å²) in [7, 11) is 1.59. The summed E-state index contributed by atoms with van der Waals surface area (Å²) in [6.07, 6.45) is 7.77. The van der Waals surface area contributed by atoms with Gasteiger partial charge < -0.3 is 15.4 Å². The lowest BCUT2D eigenvalue weighted by atomic mass is 10.1. The summed E-state index contributed by atoms with van der Waals surface area (Å²) < 4.78 is 5.02. The maximum atomic E-state index is 5.02. The van der Waals surface area contributed by atoms with Gasteiger partial charge in [-0.25, -0.2) is 0 Å². The van der Waals surface area contributed by atoms with Crippen LogP contribution in [0.1, 0.15) is 12.8 Å². The number of hydrogen-bond acceptors (Lipinski definition) is 5. The van der Waals surface area contributed by atoms with E-state index >= 15 is 0 Å². The van der Waals surface area contributed by atoms with Gasteiger partial charge in [0, 0.05) is 13.1 Å². The van der Waals surface area contributed by atoms with Crippen molar-refractivity contribution < 1.29 is 4.74 Å². The molecule has 0 saturated carbocycles. The molecule has 1 aliphatic rings. The van der Waals surface area contributed by atoms with E-state index in [1.165, 1.54) is 5.57 Å². The average molecular weight is 234 g/mol. The van der Waals surface area contributed by atoms with Crippen LogP contribution >= 0.6 is 0 Å². The third kappa shape index (κ3) is 3.71. The molecule has 0 aromatic carbocycles. The quantitative estimate of drug-likeness (QED) is 0.750. The smallest absolute Gasteiger partial charge is 0.233 e. The molecule has 0 saturated heterocycles. The second-order valence-corrected chi connectivity index (χ2v) is 3.94. The fourth-order valence-corrected chi connectivity index (χ4v) is 1.78. The molecular weight excluding hydrogens is 216 g/mol. The van der Waals surface area contributed by atoms with Crippen LogP contribution in [0.15, 0.2) is 24.0 Å². The average Bonchev–Trinajstić information content (AvgIpc) is 2.40. The Morgan fingerprint density at radius 2 is 2.41 bits per heavy atom. The van der Waals surface area contributed by atoms with Gasteiger partial charge in [-0.3, -0.25) is 4.98 Å². The van der Waals surface area contributed by atoms with Crippen molar-refractivity contribution in [2.24, 2.45) is 0 Å². The number of nitrogens with one attached hydrogen (secondary N) is 2. The van der Waals surface area contributed by atoms with Crippen LogP contribution in [-0.4, -0.2) is 36.7 Å². The third-order valence-corrected chi connectivity index (χ3v) is 2.73. The second kappa shape index (κ2) is 6.20. The molecule has 5 heteroatoms. The first-order chi connectivity index (χ1) is 8.38. The van der Waals surface area contributed by atoms with E-state index in [4.69, 9.17) is 4.74 Å². The molecule has 5 nitrogen and oxygen atoms in total.